The molecular formula is C17H17N3O. The van der Waals surface area contributed by atoms with Crippen molar-refractivity contribution >= 4 is 16.8 Å². The highest BCUT2D eigenvalue weighted by Gasteiger charge is 2.12. The van der Waals surface area contributed by atoms with Gasteiger partial charge in [0.1, 0.15) is 12.1 Å². The molecule has 2 heterocycles. The summed E-state index contributed by atoms with van der Waals surface area (Å²) >= 11 is 0. The summed E-state index contributed by atoms with van der Waals surface area (Å²) in [6.07, 6.45) is 3.55. The lowest BCUT2D eigenvalue weighted by atomic mass is 10.1. The van der Waals surface area contributed by atoms with Crippen LogP contribution >= 0.6 is 0 Å². The molecule has 0 saturated carbocycles. The fourth-order valence-corrected chi connectivity index (χ4v) is 2.20. The number of Topliss-reactive ketones (excluding diaryl/α,β-unsaturated/α-hetero) is 1. The van der Waals surface area contributed by atoms with Crippen molar-refractivity contribution in [2.75, 3.05) is 0 Å². The molecule has 0 amide bonds. The Kier molecular flexibility index (Phi) is 3.52. The first-order valence-electron chi connectivity index (χ1n) is 7.05. The van der Waals surface area contributed by atoms with E-state index in [-0.39, 0.29) is 11.7 Å². The van der Waals surface area contributed by atoms with E-state index < -0.39 is 0 Å². The molecule has 3 aromatic rings. The molecule has 4 heteroatoms. The van der Waals surface area contributed by atoms with Crippen molar-refractivity contribution in [1.82, 2.24) is 14.8 Å². The third-order valence-electron chi connectivity index (χ3n) is 3.55. The van der Waals surface area contributed by atoms with Crippen molar-refractivity contribution in [3.8, 4) is 11.1 Å². The van der Waals surface area contributed by atoms with Crippen LogP contribution in [0.15, 0.2) is 48.8 Å². The van der Waals surface area contributed by atoms with Gasteiger partial charge in [-0.05, 0) is 11.6 Å². The van der Waals surface area contributed by atoms with E-state index in [0.717, 1.165) is 22.2 Å². The Bertz CT molecular complexity index is 775. The molecule has 1 aromatic carbocycles. The van der Waals surface area contributed by atoms with Crippen LogP contribution < -0.4 is 0 Å². The minimum Gasteiger partial charge on any atom is -0.297 e. The summed E-state index contributed by atoms with van der Waals surface area (Å²) in [4.78, 5) is 16.4. The first-order chi connectivity index (χ1) is 10.1. The monoisotopic (exact) mass is 279 g/mol. The van der Waals surface area contributed by atoms with Gasteiger partial charge in [0.05, 0.1) is 11.7 Å². The van der Waals surface area contributed by atoms with E-state index in [1.807, 2.05) is 56.4 Å². The lowest BCUT2D eigenvalue weighted by molar-refractivity contribution is -0.122. The average Bonchev–Trinajstić information content (AvgIpc) is 2.90. The Morgan fingerprint density at radius 3 is 2.62 bits per heavy atom. The zero-order valence-electron chi connectivity index (χ0n) is 12.2. The third kappa shape index (κ3) is 2.70. The maximum Gasteiger partial charge on any atom is 0.156 e. The van der Waals surface area contributed by atoms with Crippen molar-refractivity contribution in [1.29, 1.82) is 0 Å². The summed E-state index contributed by atoms with van der Waals surface area (Å²) < 4.78 is 1.73. The van der Waals surface area contributed by atoms with Crippen molar-refractivity contribution in [3.63, 3.8) is 0 Å². The second kappa shape index (κ2) is 5.48. The predicted octanol–water partition coefficient (Wildman–Crippen LogP) is 3.32. The molecule has 106 valence electrons. The molecule has 0 aliphatic carbocycles. The first kappa shape index (κ1) is 13.5. The number of carbonyl (C=O) groups is 1. The molecule has 3 rings (SSSR count). The number of carbonyl (C=O) groups excluding carboxylic acids is 1. The van der Waals surface area contributed by atoms with Crippen LogP contribution in [0.2, 0.25) is 0 Å². The van der Waals surface area contributed by atoms with Crippen molar-refractivity contribution in [2.45, 2.75) is 20.4 Å². The van der Waals surface area contributed by atoms with Crippen molar-refractivity contribution < 1.29 is 4.79 Å². The van der Waals surface area contributed by atoms with Crippen LogP contribution in [0.25, 0.3) is 22.2 Å². The van der Waals surface area contributed by atoms with E-state index in [4.69, 9.17) is 0 Å². The van der Waals surface area contributed by atoms with Gasteiger partial charge in [-0.25, -0.2) is 0 Å². The average molecular weight is 279 g/mol. The molecule has 0 atom stereocenters. The second-order valence-corrected chi connectivity index (χ2v) is 5.42. The van der Waals surface area contributed by atoms with Gasteiger partial charge in [0.25, 0.3) is 0 Å². The number of rotatable bonds is 4. The van der Waals surface area contributed by atoms with Crippen LogP contribution in [-0.4, -0.2) is 20.5 Å². The lowest BCUT2D eigenvalue weighted by Gasteiger charge is -2.06. The van der Waals surface area contributed by atoms with E-state index in [9.17, 15) is 4.79 Å². The normalized spacial score (nSPS) is 11.2. The number of ketones is 1. The van der Waals surface area contributed by atoms with Crippen LogP contribution in [-0.2, 0) is 11.3 Å². The molecule has 21 heavy (non-hydrogen) atoms. The summed E-state index contributed by atoms with van der Waals surface area (Å²) in [6, 6.07) is 12.1. The fraction of sp³-hybridized carbons (Fsp3) is 0.235. The van der Waals surface area contributed by atoms with Gasteiger partial charge in [0.15, 0.2) is 5.78 Å². The molecular weight excluding hydrogens is 262 g/mol. The smallest absolute Gasteiger partial charge is 0.156 e. The highest BCUT2D eigenvalue weighted by molar-refractivity contribution is 5.84. The number of hydrogen-bond donors (Lipinski definition) is 0. The van der Waals surface area contributed by atoms with Crippen LogP contribution in [0.1, 0.15) is 13.8 Å². The molecule has 0 spiro atoms. The molecule has 0 radical (unpaired) electrons. The summed E-state index contributed by atoms with van der Waals surface area (Å²) in [5, 5.41) is 4.29. The van der Waals surface area contributed by atoms with Crippen LogP contribution in [0, 0.1) is 5.92 Å². The summed E-state index contributed by atoms with van der Waals surface area (Å²) in [7, 11) is 0. The largest absolute Gasteiger partial charge is 0.297 e. The van der Waals surface area contributed by atoms with Gasteiger partial charge in [0, 0.05) is 17.7 Å². The van der Waals surface area contributed by atoms with Crippen LogP contribution in [0.3, 0.4) is 0 Å². The van der Waals surface area contributed by atoms with Gasteiger partial charge in [-0.2, -0.15) is 5.10 Å². The minimum absolute atomic E-state index is 0.00881. The number of aromatic nitrogens is 3. The maximum atomic E-state index is 11.9. The molecule has 4 nitrogen and oxygen atoms in total. The quantitative estimate of drug-likeness (QED) is 0.736. The zero-order valence-corrected chi connectivity index (χ0v) is 12.2. The zero-order chi connectivity index (χ0) is 14.8. The number of fused-ring (bicyclic) bond motifs is 1. The number of pyridine rings is 1. The van der Waals surface area contributed by atoms with Gasteiger partial charge in [-0.1, -0.05) is 44.2 Å². The SMILES string of the molecule is CC(C)C(=O)Cn1ncc2ncc(-c3ccccc3)cc21. The van der Waals surface area contributed by atoms with E-state index in [2.05, 4.69) is 10.1 Å². The predicted molar refractivity (Wildman–Crippen MR) is 82.8 cm³/mol. The van der Waals surface area contributed by atoms with Gasteiger partial charge in [-0.3, -0.25) is 14.5 Å². The molecule has 0 unspecified atom stereocenters. The molecule has 0 saturated heterocycles. The third-order valence-corrected chi connectivity index (χ3v) is 3.55. The van der Waals surface area contributed by atoms with E-state index in [1.54, 1.807) is 10.9 Å². The highest BCUT2D eigenvalue weighted by Crippen LogP contribution is 2.22. The lowest BCUT2D eigenvalue weighted by Crippen LogP contribution is -2.16. The number of nitrogens with zero attached hydrogens (tertiary/aromatic N) is 3. The second-order valence-electron chi connectivity index (χ2n) is 5.42. The topological polar surface area (TPSA) is 47.8 Å². The number of benzene rings is 1. The van der Waals surface area contributed by atoms with Crippen LogP contribution in [0.4, 0.5) is 0 Å². The molecule has 0 bridgehead atoms. The van der Waals surface area contributed by atoms with E-state index in [0.29, 0.717) is 6.54 Å². The molecule has 0 aliphatic rings. The van der Waals surface area contributed by atoms with Gasteiger partial charge in [-0.15, -0.1) is 0 Å². The van der Waals surface area contributed by atoms with Gasteiger partial charge < -0.3 is 0 Å². The molecule has 0 aliphatic heterocycles. The maximum absolute atomic E-state index is 11.9. The Morgan fingerprint density at radius 2 is 1.90 bits per heavy atom. The Morgan fingerprint density at radius 1 is 1.14 bits per heavy atom. The van der Waals surface area contributed by atoms with Crippen molar-refractivity contribution in [2.24, 2.45) is 5.92 Å². The van der Waals surface area contributed by atoms with E-state index in [1.165, 1.54) is 0 Å². The van der Waals surface area contributed by atoms with Crippen LogP contribution in [0.5, 0.6) is 0 Å². The minimum atomic E-state index is 0.00881. The van der Waals surface area contributed by atoms with Crippen molar-refractivity contribution in [3.05, 3.63) is 48.8 Å². The first-order valence-corrected chi connectivity index (χ1v) is 7.05. The Hall–Kier alpha value is -2.49. The summed E-state index contributed by atoms with van der Waals surface area (Å²) in [5.74, 6) is 0.180. The van der Waals surface area contributed by atoms with E-state index >= 15 is 0 Å². The Balaban J connectivity index is 2.02. The standard InChI is InChI=1S/C17H17N3O/c1-12(2)17(21)11-20-16-8-14(9-18-15(16)10-19-20)13-6-4-3-5-7-13/h3-10,12H,11H2,1-2H3. The fourth-order valence-electron chi connectivity index (χ4n) is 2.20. The summed E-state index contributed by atoms with van der Waals surface area (Å²) in [5.41, 5.74) is 3.84. The molecule has 0 N–H and O–H groups in total. The highest BCUT2D eigenvalue weighted by atomic mass is 16.1. The number of hydrogen-bond acceptors (Lipinski definition) is 3. The summed E-state index contributed by atoms with van der Waals surface area (Å²) in [6.45, 7) is 4.10. The Labute approximate surface area is 123 Å². The molecule has 0 fully saturated rings. The molecule has 2 aromatic heterocycles. The van der Waals surface area contributed by atoms with Gasteiger partial charge in [0.2, 0.25) is 0 Å². The van der Waals surface area contributed by atoms with Gasteiger partial charge >= 0.3 is 0 Å².